The average molecular weight is 374 g/mol. The van der Waals surface area contributed by atoms with E-state index >= 15 is 0 Å². The van der Waals surface area contributed by atoms with E-state index in [-0.39, 0.29) is 23.8 Å². The molecule has 3 rings (SSSR count). The van der Waals surface area contributed by atoms with Crippen molar-refractivity contribution in [3.05, 3.63) is 29.3 Å². The standard InChI is InChI=1S/C21H30N2O4/c1-13(2)12-26-15-6-7-16-17(8-15)19(24)22-9-14-10-23(11-18(14)16)20(25)27-21(3,4)5/h6-8,13-14,18H,9-12H2,1-5H3,(H,22,24)/t14-,18-/m1/s1. The second-order valence-electron chi connectivity index (χ2n) is 8.92. The van der Waals surface area contributed by atoms with Crippen LogP contribution in [0.25, 0.3) is 0 Å². The summed E-state index contributed by atoms with van der Waals surface area (Å²) in [5.74, 6) is 1.35. The second kappa shape index (κ2) is 7.41. The molecule has 27 heavy (non-hydrogen) atoms. The summed E-state index contributed by atoms with van der Waals surface area (Å²) in [6, 6.07) is 5.73. The first-order chi connectivity index (χ1) is 12.6. The smallest absolute Gasteiger partial charge is 0.410 e. The highest BCUT2D eigenvalue weighted by Crippen LogP contribution is 2.37. The van der Waals surface area contributed by atoms with Crippen LogP contribution in [0, 0.1) is 11.8 Å². The number of likely N-dealkylation sites (tertiary alicyclic amines) is 1. The summed E-state index contributed by atoms with van der Waals surface area (Å²) >= 11 is 0. The van der Waals surface area contributed by atoms with Crippen LogP contribution in [0.15, 0.2) is 18.2 Å². The Morgan fingerprint density at radius 2 is 2.04 bits per heavy atom. The predicted molar refractivity (Wildman–Crippen MR) is 103 cm³/mol. The third kappa shape index (κ3) is 4.54. The quantitative estimate of drug-likeness (QED) is 0.880. The Labute approximate surface area is 161 Å². The van der Waals surface area contributed by atoms with E-state index in [1.54, 1.807) is 4.90 Å². The molecule has 6 heteroatoms. The molecule has 148 valence electrons. The SMILES string of the molecule is CC(C)COc1ccc2c(c1)C(=O)NC[C@@H]1CN(C(=O)OC(C)(C)C)C[C@@H]21. The molecular weight excluding hydrogens is 344 g/mol. The lowest BCUT2D eigenvalue weighted by Crippen LogP contribution is -2.36. The first-order valence-corrected chi connectivity index (χ1v) is 9.67. The zero-order valence-corrected chi connectivity index (χ0v) is 16.9. The lowest BCUT2D eigenvalue weighted by atomic mass is 9.87. The molecule has 1 saturated heterocycles. The van der Waals surface area contributed by atoms with Crippen molar-refractivity contribution in [2.24, 2.45) is 11.8 Å². The number of nitrogens with one attached hydrogen (secondary N) is 1. The number of fused-ring (bicyclic) bond motifs is 3. The number of carbonyl (C=O) groups is 2. The van der Waals surface area contributed by atoms with E-state index in [0.717, 1.165) is 5.56 Å². The average Bonchev–Trinajstić information content (AvgIpc) is 2.95. The summed E-state index contributed by atoms with van der Waals surface area (Å²) < 4.78 is 11.3. The molecule has 2 aliphatic rings. The number of nitrogens with zero attached hydrogens (tertiary/aromatic N) is 1. The van der Waals surface area contributed by atoms with Crippen LogP contribution in [0.3, 0.4) is 0 Å². The molecular formula is C21H30N2O4. The first-order valence-electron chi connectivity index (χ1n) is 9.67. The number of hydrogen-bond acceptors (Lipinski definition) is 4. The number of rotatable bonds is 3. The molecule has 0 aliphatic carbocycles. The Morgan fingerprint density at radius 3 is 2.70 bits per heavy atom. The summed E-state index contributed by atoms with van der Waals surface area (Å²) in [7, 11) is 0. The monoisotopic (exact) mass is 374 g/mol. The van der Waals surface area contributed by atoms with Crippen molar-refractivity contribution in [2.45, 2.75) is 46.1 Å². The Kier molecular flexibility index (Phi) is 5.36. The number of ether oxygens (including phenoxy) is 2. The Hall–Kier alpha value is -2.24. The van der Waals surface area contributed by atoms with Gasteiger partial charge < -0.3 is 19.7 Å². The van der Waals surface area contributed by atoms with Gasteiger partial charge in [-0.05, 0) is 44.4 Å². The molecule has 1 fully saturated rings. The van der Waals surface area contributed by atoms with Crippen LogP contribution in [-0.4, -0.2) is 48.7 Å². The number of benzene rings is 1. The van der Waals surface area contributed by atoms with Gasteiger partial charge in [-0.2, -0.15) is 0 Å². The van der Waals surface area contributed by atoms with E-state index in [2.05, 4.69) is 19.2 Å². The predicted octanol–water partition coefficient (Wildman–Crippen LogP) is 3.42. The van der Waals surface area contributed by atoms with E-state index in [1.165, 1.54) is 0 Å². The molecule has 0 saturated carbocycles. The lowest BCUT2D eigenvalue weighted by Gasteiger charge is -2.24. The highest BCUT2D eigenvalue weighted by molar-refractivity contribution is 5.96. The van der Waals surface area contributed by atoms with Gasteiger partial charge in [-0.3, -0.25) is 4.79 Å². The van der Waals surface area contributed by atoms with Crippen molar-refractivity contribution >= 4 is 12.0 Å². The molecule has 2 amide bonds. The highest BCUT2D eigenvalue weighted by atomic mass is 16.6. The van der Waals surface area contributed by atoms with Gasteiger partial charge in [0.15, 0.2) is 0 Å². The van der Waals surface area contributed by atoms with Gasteiger partial charge in [-0.1, -0.05) is 19.9 Å². The highest BCUT2D eigenvalue weighted by Gasteiger charge is 2.41. The molecule has 0 aromatic heterocycles. The van der Waals surface area contributed by atoms with Crippen LogP contribution in [0.1, 0.15) is 56.5 Å². The van der Waals surface area contributed by atoms with E-state index in [9.17, 15) is 9.59 Å². The van der Waals surface area contributed by atoms with Crippen LogP contribution < -0.4 is 10.1 Å². The lowest BCUT2D eigenvalue weighted by molar-refractivity contribution is 0.0287. The molecule has 2 heterocycles. The Balaban J connectivity index is 1.81. The van der Waals surface area contributed by atoms with Gasteiger partial charge >= 0.3 is 6.09 Å². The first kappa shape index (κ1) is 19.5. The van der Waals surface area contributed by atoms with Crippen LogP contribution >= 0.6 is 0 Å². The number of amides is 2. The molecule has 6 nitrogen and oxygen atoms in total. The molecule has 2 aliphatic heterocycles. The van der Waals surface area contributed by atoms with Crippen molar-refractivity contribution in [3.8, 4) is 5.75 Å². The fourth-order valence-electron chi connectivity index (χ4n) is 3.63. The fourth-order valence-corrected chi connectivity index (χ4v) is 3.63. The van der Waals surface area contributed by atoms with Crippen LogP contribution in [-0.2, 0) is 4.74 Å². The third-order valence-corrected chi connectivity index (χ3v) is 4.87. The van der Waals surface area contributed by atoms with Crippen LogP contribution in [0.5, 0.6) is 5.75 Å². The van der Waals surface area contributed by atoms with Gasteiger partial charge in [0.1, 0.15) is 11.4 Å². The van der Waals surface area contributed by atoms with E-state index in [1.807, 2.05) is 39.0 Å². The van der Waals surface area contributed by atoms with Crippen LogP contribution in [0.4, 0.5) is 4.79 Å². The second-order valence-corrected chi connectivity index (χ2v) is 8.92. The maximum absolute atomic E-state index is 12.6. The number of hydrogen-bond donors (Lipinski definition) is 1. The van der Waals surface area contributed by atoms with Gasteiger partial charge in [-0.15, -0.1) is 0 Å². The van der Waals surface area contributed by atoms with E-state index in [0.29, 0.717) is 43.5 Å². The van der Waals surface area contributed by atoms with Crippen LogP contribution in [0.2, 0.25) is 0 Å². The van der Waals surface area contributed by atoms with Crippen molar-refractivity contribution in [2.75, 3.05) is 26.2 Å². The zero-order valence-electron chi connectivity index (χ0n) is 16.9. The summed E-state index contributed by atoms with van der Waals surface area (Å²) in [6.45, 7) is 12.1. The molecule has 0 radical (unpaired) electrons. The van der Waals surface area contributed by atoms with Gasteiger partial charge in [0, 0.05) is 37.0 Å². The Bertz CT molecular complexity index is 723. The summed E-state index contributed by atoms with van der Waals surface area (Å²) in [6.07, 6.45) is -0.291. The van der Waals surface area contributed by atoms with E-state index in [4.69, 9.17) is 9.47 Å². The number of carbonyl (C=O) groups excluding carboxylic acids is 2. The molecule has 1 aromatic rings. The minimum absolute atomic E-state index is 0.0711. The van der Waals surface area contributed by atoms with Gasteiger partial charge in [0.25, 0.3) is 5.91 Å². The zero-order chi connectivity index (χ0) is 19.8. The fraction of sp³-hybridized carbons (Fsp3) is 0.619. The maximum atomic E-state index is 12.6. The summed E-state index contributed by atoms with van der Waals surface area (Å²) in [5, 5.41) is 3.00. The topological polar surface area (TPSA) is 67.9 Å². The van der Waals surface area contributed by atoms with Gasteiger partial charge in [0.05, 0.1) is 6.61 Å². The molecule has 1 N–H and O–H groups in total. The van der Waals surface area contributed by atoms with E-state index < -0.39 is 5.60 Å². The molecule has 0 unspecified atom stereocenters. The minimum atomic E-state index is -0.517. The van der Waals surface area contributed by atoms with Gasteiger partial charge in [-0.25, -0.2) is 4.79 Å². The van der Waals surface area contributed by atoms with Crippen molar-refractivity contribution in [1.29, 1.82) is 0 Å². The molecule has 0 spiro atoms. The minimum Gasteiger partial charge on any atom is -0.493 e. The molecule has 1 aromatic carbocycles. The summed E-state index contributed by atoms with van der Waals surface area (Å²) in [4.78, 5) is 26.8. The van der Waals surface area contributed by atoms with Crippen molar-refractivity contribution < 1.29 is 19.1 Å². The van der Waals surface area contributed by atoms with Crippen molar-refractivity contribution in [1.82, 2.24) is 10.2 Å². The maximum Gasteiger partial charge on any atom is 0.410 e. The normalized spacial score (nSPS) is 22.0. The Morgan fingerprint density at radius 1 is 1.30 bits per heavy atom. The molecule has 2 atom stereocenters. The largest absolute Gasteiger partial charge is 0.493 e. The molecule has 0 bridgehead atoms. The van der Waals surface area contributed by atoms with Crippen molar-refractivity contribution in [3.63, 3.8) is 0 Å². The summed E-state index contributed by atoms with van der Waals surface area (Å²) in [5.41, 5.74) is 1.11. The third-order valence-electron chi connectivity index (χ3n) is 4.87. The van der Waals surface area contributed by atoms with Gasteiger partial charge in [0.2, 0.25) is 0 Å².